The number of allylic oxidation sites excluding steroid dienone is 2. The van der Waals surface area contributed by atoms with Gasteiger partial charge < -0.3 is 9.47 Å². The maximum Gasteiger partial charge on any atom is 0.223 e. The highest BCUT2D eigenvalue weighted by atomic mass is 16.2. The molecule has 1 aliphatic heterocycles. The molecule has 0 saturated carbocycles. The summed E-state index contributed by atoms with van der Waals surface area (Å²) in [5.74, 6) is 1.84. The van der Waals surface area contributed by atoms with E-state index in [1.165, 1.54) is 0 Å². The van der Waals surface area contributed by atoms with Gasteiger partial charge in [0.1, 0.15) is 5.82 Å². The van der Waals surface area contributed by atoms with Crippen molar-refractivity contribution in [3.05, 3.63) is 30.4 Å². The van der Waals surface area contributed by atoms with E-state index in [4.69, 9.17) is 0 Å². The number of aryl methyl sites for hydroxylation is 1. The molecule has 20 heavy (non-hydrogen) atoms. The number of hydrogen-bond donors (Lipinski definition) is 0. The van der Waals surface area contributed by atoms with Gasteiger partial charge in [-0.1, -0.05) is 12.2 Å². The standard InChI is InChI=1S/C16H23N3O/c1-13-17-8-10-19(13)15-7-4-9-18(12-15)16(20)11-14-5-2-3-6-14/h2,5,8,10,14-15H,3-4,6-7,9,11-12H2,1H3/t14-,15+/m1/s1. The fourth-order valence-electron chi connectivity index (χ4n) is 3.40. The maximum atomic E-state index is 12.4. The highest BCUT2D eigenvalue weighted by molar-refractivity contribution is 5.76. The number of amides is 1. The lowest BCUT2D eigenvalue weighted by Crippen LogP contribution is -2.41. The summed E-state index contributed by atoms with van der Waals surface area (Å²) in [5, 5.41) is 0. The molecule has 3 rings (SSSR count). The minimum atomic E-state index is 0.323. The lowest BCUT2D eigenvalue weighted by molar-refractivity contribution is -0.133. The highest BCUT2D eigenvalue weighted by Crippen LogP contribution is 2.26. The summed E-state index contributed by atoms with van der Waals surface area (Å²) in [6.07, 6.45) is 13.5. The topological polar surface area (TPSA) is 38.1 Å². The van der Waals surface area contributed by atoms with E-state index in [2.05, 4.69) is 26.6 Å². The van der Waals surface area contributed by atoms with Gasteiger partial charge in [0.25, 0.3) is 0 Å². The normalized spacial score (nSPS) is 26.1. The van der Waals surface area contributed by atoms with Crippen LogP contribution in [0.2, 0.25) is 0 Å². The summed E-state index contributed by atoms with van der Waals surface area (Å²) >= 11 is 0. The average molecular weight is 273 g/mol. The van der Waals surface area contributed by atoms with E-state index in [0.29, 0.717) is 24.3 Å². The van der Waals surface area contributed by atoms with Crippen LogP contribution in [0.25, 0.3) is 0 Å². The second-order valence-electron chi connectivity index (χ2n) is 5.99. The SMILES string of the molecule is Cc1nccn1[C@H]1CCCN(C(=O)C[C@@H]2C=CCC2)C1. The monoisotopic (exact) mass is 273 g/mol. The first-order chi connectivity index (χ1) is 9.74. The summed E-state index contributed by atoms with van der Waals surface area (Å²) in [6.45, 7) is 3.79. The second-order valence-corrected chi connectivity index (χ2v) is 5.99. The molecule has 0 bridgehead atoms. The first kappa shape index (κ1) is 13.4. The fourth-order valence-corrected chi connectivity index (χ4v) is 3.40. The zero-order valence-corrected chi connectivity index (χ0v) is 12.2. The van der Waals surface area contributed by atoms with Crippen LogP contribution in [0, 0.1) is 12.8 Å². The van der Waals surface area contributed by atoms with Gasteiger partial charge in [0.15, 0.2) is 0 Å². The Kier molecular flexibility index (Phi) is 3.90. The molecular formula is C16H23N3O. The molecule has 1 amide bonds. The molecule has 0 unspecified atom stereocenters. The van der Waals surface area contributed by atoms with Crippen molar-refractivity contribution in [1.29, 1.82) is 0 Å². The molecule has 2 aliphatic rings. The first-order valence-electron chi connectivity index (χ1n) is 7.68. The largest absolute Gasteiger partial charge is 0.341 e. The van der Waals surface area contributed by atoms with Crippen molar-refractivity contribution in [1.82, 2.24) is 14.5 Å². The van der Waals surface area contributed by atoms with E-state index in [0.717, 1.165) is 44.6 Å². The fraction of sp³-hybridized carbons (Fsp3) is 0.625. The molecule has 0 N–H and O–H groups in total. The van der Waals surface area contributed by atoms with Gasteiger partial charge in [-0.3, -0.25) is 4.79 Å². The Morgan fingerprint density at radius 3 is 3.05 bits per heavy atom. The van der Waals surface area contributed by atoms with Gasteiger partial charge in [0.05, 0.1) is 6.04 Å². The number of piperidine rings is 1. The third-order valence-electron chi connectivity index (χ3n) is 4.55. The Labute approximate surface area is 120 Å². The minimum absolute atomic E-state index is 0.323. The predicted molar refractivity (Wildman–Crippen MR) is 78.3 cm³/mol. The highest BCUT2D eigenvalue weighted by Gasteiger charge is 2.26. The van der Waals surface area contributed by atoms with Gasteiger partial charge in [-0.25, -0.2) is 4.98 Å². The summed E-state index contributed by atoms with van der Waals surface area (Å²) in [7, 11) is 0. The molecule has 2 atom stereocenters. The predicted octanol–water partition coefficient (Wildman–Crippen LogP) is 2.71. The zero-order chi connectivity index (χ0) is 13.9. The molecule has 0 radical (unpaired) electrons. The number of carbonyl (C=O) groups excluding carboxylic acids is 1. The summed E-state index contributed by atoms with van der Waals surface area (Å²) in [6, 6.07) is 0.398. The van der Waals surface area contributed by atoms with Crippen molar-refractivity contribution in [3.8, 4) is 0 Å². The smallest absolute Gasteiger partial charge is 0.223 e. The van der Waals surface area contributed by atoms with Crippen LogP contribution in [0.15, 0.2) is 24.5 Å². The molecule has 1 aliphatic carbocycles. The van der Waals surface area contributed by atoms with Gasteiger partial charge in [0, 0.05) is 31.9 Å². The quantitative estimate of drug-likeness (QED) is 0.794. The number of aromatic nitrogens is 2. The molecular weight excluding hydrogens is 250 g/mol. The lowest BCUT2D eigenvalue weighted by atomic mass is 10.0. The van der Waals surface area contributed by atoms with E-state index in [1.807, 2.05) is 19.3 Å². The number of rotatable bonds is 3. The summed E-state index contributed by atoms with van der Waals surface area (Å²) in [5.41, 5.74) is 0. The van der Waals surface area contributed by atoms with Gasteiger partial charge in [-0.2, -0.15) is 0 Å². The van der Waals surface area contributed by atoms with Crippen LogP contribution in [-0.2, 0) is 4.79 Å². The minimum Gasteiger partial charge on any atom is -0.341 e. The third kappa shape index (κ3) is 2.79. The maximum absolute atomic E-state index is 12.4. The molecule has 4 heteroatoms. The molecule has 2 heterocycles. The van der Waals surface area contributed by atoms with Crippen molar-refractivity contribution in [3.63, 3.8) is 0 Å². The molecule has 108 valence electrons. The van der Waals surface area contributed by atoms with Crippen molar-refractivity contribution in [2.75, 3.05) is 13.1 Å². The molecule has 1 fully saturated rings. The van der Waals surface area contributed by atoms with Crippen LogP contribution >= 0.6 is 0 Å². The van der Waals surface area contributed by atoms with Crippen LogP contribution in [0.1, 0.15) is 44.0 Å². The Morgan fingerprint density at radius 2 is 2.35 bits per heavy atom. The molecule has 0 spiro atoms. The van der Waals surface area contributed by atoms with Gasteiger partial charge >= 0.3 is 0 Å². The van der Waals surface area contributed by atoms with E-state index < -0.39 is 0 Å². The van der Waals surface area contributed by atoms with Crippen LogP contribution < -0.4 is 0 Å². The molecule has 1 saturated heterocycles. The number of imidazole rings is 1. The van der Waals surface area contributed by atoms with Gasteiger partial charge in [-0.05, 0) is 38.5 Å². The number of carbonyl (C=O) groups is 1. The van der Waals surface area contributed by atoms with Crippen LogP contribution in [-0.4, -0.2) is 33.4 Å². The van der Waals surface area contributed by atoms with Crippen molar-refractivity contribution in [2.24, 2.45) is 5.92 Å². The van der Waals surface area contributed by atoms with E-state index in [9.17, 15) is 4.79 Å². The number of nitrogens with zero attached hydrogens (tertiary/aromatic N) is 3. The summed E-state index contributed by atoms with van der Waals surface area (Å²) < 4.78 is 2.22. The molecule has 1 aromatic heterocycles. The van der Waals surface area contributed by atoms with Crippen LogP contribution in [0.4, 0.5) is 0 Å². The van der Waals surface area contributed by atoms with E-state index in [1.54, 1.807) is 0 Å². The Balaban J connectivity index is 1.61. The molecule has 0 aromatic carbocycles. The second kappa shape index (κ2) is 5.81. The van der Waals surface area contributed by atoms with Crippen LogP contribution in [0.5, 0.6) is 0 Å². The Hall–Kier alpha value is -1.58. The number of hydrogen-bond acceptors (Lipinski definition) is 2. The Morgan fingerprint density at radius 1 is 1.45 bits per heavy atom. The van der Waals surface area contributed by atoms with E-state index >= 15 is 0 Å². The van der Waals surface area contributed by atoms with E-state index in [-0.39, 0.29) is 0 Å². The zero-order valence-electron chi connectivity index (χ0n) is 12.2. The number of likely N-dealkylation sites (tertiary alicyclic amines) is 1. The average Bonchev–Trinajstić information content (AvgIpc) is 3.10. The first-order valence-corrected chi connectivity index (χ1v) is 7.68. The molecule has 4 nitrogen and oxygen atoms in total. The summed E-state index contributed by atoms with van der Waals surface area (Å²) in [4.78, 5) is 18.8. The van der Waals surface area contributed by atoms with Crippen LogP contribution in [0.3, 0.4) is 0 Å². The van der Waals surface area contributed by atoms with Crippen molar-refractivity contribution < 1.29 is 4.79 Å². The lowest BCUT2D eigenvalue weighted by Gasteiger charge is -2.34. The van der Waals surface area contributed by atoms with Crippen molar-refractivity contribution >= 4 is 5.91 Å². The van der Waals surface area contributed by atoms with Crippen molar-refractivity contribution in [2.45, 2.75) is 45.1 Å². The Bertz CT molecular complexity index is 506. The molecule has 1 aromatic rings. The van der Waals surface area contributed by atoms with Gasteiger partial charge in [-0.15, -0.1) is 0 Å². The third-order valence-corrected chi connectivity index (χ3v) is 4.55. The van der Waals surface area contributed by atoms with Gasteiger partial charge in [0.2, 0.25) is 5.91 Å².